The Morgan fingerprint density at radius 3 is 2.42 bits per heavy atom. The number of allylic oxidation sites excluding steroid dienone is 1. The van der Waals surface area contributed by atoms with Gasteiger partial charge in [-0.15, -0.1) is 10.2 Å². The Bertz CT molecular complexity index is 1400. The molecule has 0 unspecified atom stereocenters. The van der Waals surface area contributed by atoms with Crippen molar-refractivity contribution in [1.82, 2.24) is 24.6 Å². The van der Waals surface area contributed by atoms with Gasteiger partial charge in [0.25, 0.3) is 10.0 Å². The molecule has 2 heterocycles. The second-order valence-corrected chi connectivity index (χ2v) is 9.35. The Labute approximate surface area is 194 Å². The Balaban J connectivity index is 1.73. The van der Waals surface area contributed by atoms with Crippen molar-refractivity contribution < 1.29 is 18.3 Å². The Hall–Kier alpha value is -3.76. The van der Waals surface area contributed by atoms with Gasteiger partial charge in [-0.1, -0.05) is 41.9 Å². The summed E-state index contributed by atoms with van der Waals surface area (Å²) >= 11 is 5.89. The third kappa shape index (κ3) is 5.02. The van der Waals surface area contributed by atoms with Gasteiger partial charge in [0.05, 0.1) is 4.90 Å². The molecule has 0 aliphatic rings. The van der Waals surface area contributed by atoms with E-state index in [0.29, 0.717) is 23.4 Å². The molecule has 2 N–H and O–H groups in total. The number of hydrogen-bond donors (Lipinski definition) is 2. The second-order valence-electron chi connectivity index (χ2n) is 7.10. The molecule has 0 atom stereocenters. The number of aryl methyl sites for hydroxylation is 2. The first-order valence-corrected chi connectivity index (χ1v) is 11.6. The van der Waals surface area contributed by atoms with E-state index >= 15 is 0 Å². The Morgan fingerprint density at radius 1 is 1.06 bits per heavy atom. The lowest BCUT2D eigenvalue weighted by Crippen LogP contribution is -2.17. The summed E-state index contributed by atoms with van der Waals surface area (Å²) in [5, 5.41) is 23.2. The molecule has 0 aliphatic carbocycles. The number of hydrogen-bond acceptors (Lipinski definition) is 7. The maximum Gasteiger partial charge on any atom is 0.268 e. The minimum Gasteiger partial charge on any atom is -0.504 e. The number of rotatable bonds is 8. The van der Waals surface area contributed by atoms with Crippen molar-refractivity contribution in [2.45, 2.75) is 17.7 Å². The minimum absolute atomic E-state index is 0.0301. The van der Waals surface area contributed by atoms with Crippen LogP contribution in [0.3, 0.4) is 0 Å². The highest BCUT2D eigenvalue weighted by molar-refractivity contribution is 7.90. The molecule has 0 amide bonds. The number of aliphatic hydroxyl groups is 1. The molecule has 0 spiro atoms. The highest BCUT2D eigenvalue weighted by Gasteiger charge is 2.24. The fraction of sp³-hybridized carbons (Fsp3) is 0.0909. The summed E-state index contributed by atoms with van der Waals surface area (Å²) in [6.07, 6.45) is 3.44. The lowest BCUT2D eigenvalue weighted by molar-refractivity contribution is 0.104. The molecular formula is C22H18ClN5O4S. The highest BCUT2D eigenvalue weighted by atomic mass is 35.5. The third-order valence-electron chi connectivity index (χ3n) is 4.85. The van der Waals surface area contributed by atoms with E-state index in [-0.39, 0.29) is 16.4 Å². The van der Waals surface area contributed by atoms with E-state index in [2.05, 4.69) is 20.6 Å². The van der Waals surface area contributed by atoms with Crippen LogP contribution in [0.25, 0.3) is 5.76 Å². The lowest BCUT2D eigenvalue weighted by atomic mass is 10.1. The number of carbonyl (C=O) groups is 1. The zero-order chi connectivity index (χ0) is 23.4. The highest BCUT2D eigenvalue weighted by Crippen LogP contribution is 2.23. The largest absolute Gasteiger partial charge is 0.504 e. The van der Waals surface area contributed by atoms with E-state index < -0.39 is 21.6 Å². The average Bonchev–Trinajstić information content (AvgIpc) is 3.49. The van der Waals surface area contributed by atoms with Gasteiger partial charge in [0.15, 0.2) is 5.76 Å². The summed E-state index contributed by atoms with van der Waals surface area (Å²) in [4.78, 5) is 12.9. The van der Waals surface area contributed by atoms with Crippen molar-refractivity contribution in [2.24, 2.45) is 0 Å². The van der Waals surface area contributed by atoms with Crippen LogP contribution in [0.5, 0.6) is 0 Å². The number of aliphatic hydroxyl groups excluding tert-OH is 1. The molecule has 0 radical (unpaired) electrons. The van der Waals surface area contributed by atoms with Crippen LogP contribution in [-0.4, -0.2) is 43.9 Å². The molecule has 168 valence electrons. The molecule has 0 saturated heterocycles. The number of nitrogens with zero attached hydrogens (tertiary/aromatic N) is 4. The van der Waals surface area contributed by atoms with Crippen LogP contribution in [0.2, 0.25) is 5.02 Å². The number of nitrogens with one attached hydrogen (secondary N) is 1. The summed E-state index contributed by atoms with van der Waals surface area (Å²) in [6.45, 7) is 0. The van der Waals surface area contributed by atoms with Gasteiger partial charge in [-0.3, -0.25) is 4.79 Å². The van der Waals surface area contributed by atoms with E-state index in [9.17, 15) is 18.3 Å². The zero-order valence-electron chi connectivity index (χ0n) is 17.1. The SMILES string of the molecule is O=C(C=C(O)c1nn[nH]n1)c1cc(CCc2ccccc2)cn1S(=O)(=O)c1ccc(Cl)cc1. The van der Waals surface area contributed by atoms with Crippen LogP contribution in [0.15, 0.2) is 77.8 Å². The van der Waals surface area contributed by atoms with Gasteiger partial charge >= 0.3 is 0 Å². The van der Waals surface area contributed by atoms with Gasteiger partial charge in [0.1, 0.15) is 5.69 Å². The van der Waals surface area contributed by atoms with Crippen LogP contribution in [0, 0.1) is 0 Å². The number of H-pyrrole nitrogens is 1. The van der Waals surface area contributed by atoms with Gasteiger partial charge in [0, 0.05) is 17.3 Å². The van der Waals surface area contributed by atoms with Gasteiger partial charge < -0.3 is 5.11 Å². The van der Waals surface area contributed by atoms with Gasteiger partial charge in [-0.05, 0) is 59.5 Å². The maximum atomic E-state index is 13.3. The molecule has 0 aliphatic heterocycles. The van der Waals surface area contributed by atoms with Crippen molar-refractivity contribution in [1.29, 1.82) is 0 Å². The van der Waals surface area contributed by atoms with Gasteiger partial charge in [-0.25, -0.2) is 12.4 Å². The number of ketones is 1. The lowest BCUT2D eigenvalue weighted by Gasteiger charge is -2.09. The standard InChI is InChI=1S/C22H18ClN5O4S/c23-17-8-10-18(11-9-17)33(31,32)28-14-16(7-6-15-4-2-1-3-5-15)12-19(28)20(29)13-21(30)22-24-26-27-25-22/h1-5,8-14,30H,6-7H2,(H,24,25,26,27). The molecule has 11 heteroatoms. The normalized spacial score (nSPS) is 12.1. The molecule has 2 aromatic heterocycles. The quantitative estimate of drug-likeness (QED) is 0.223. The zero-order valence-corrected chi connectivity index (χ0v) is 18.7. The molecule has 4 rings (SSSR count). The summed E-state index contributed by atoms with van der Waals surface area (Å²) in [5.74, 6) is -1.47. The van der Waals surface area contributed by atoms with E-state index in [1.54, 1.807) is 0 Å². The molecule has 0 saturated carbocycles. The summed E-state index contributed by atoms with van der Waals surface area (Å²) in [6, 6.07) is 16.8. The molecule has 2 aromatic carbocycles. The van der Waals surface area contributed by atoms with Crippen molar-refractivity contribution in [3.8, 4) is 0 Å². The monoisotopic (exact) mass is 483 g/mol. The van der Waals surface area contributed by atoms with E-state index in [1.807, 2.05) is 30.3 Å². The molecule has 4 aromatic rings. The first-order chi connectivity index (χ1) is 15.8. The number of benzene rings is 2. The first-order valence-electron chi connectivity index (χ1n) is 9.80. The smallest absolute Gasteiger partial charge is 0.268 e. The van der Waals surface area contributed by atoms with E-state index in [4.69, 9.17) is 11.6 Å². The Morgan fingerprint density at radius 2 is 1.76 bits per heavy atom. The fourth-order valence-electron chi connectivity index (χ4n) is 3.20. The minimum atomic E-state index is -4.11. The van der Waals surface area contributed by atoms with Crippen LogP contribution < -0.4 is 0 Å². The third-order valence-corrected chi connectivity index (χ3v) is 6.79. The summed E-state index contributed by atoms with van der Waals surface area (Å²) in [5.41, 5.74) is 1.59. The first kappa shape index (κ1) is 22.4. The van der Waals surface area contributed by atoms with Crippen molar-refractivity contribution >= 4 is 33.2 Å². The Kier molecular flexibility index (Phi) is 6.38. The number of aromatic nitrogens is 5. The van der Waals surface area contributed by atoms with Crippen molar-refractivity contribution in [3.05, 3.63) is 101 Å². The fourth-order valence-corrected chi connectivity index (χ4v) is 4.71. The second kappa shape index (κ2) is 9.39. The van der Waals surface area contributed by atoms with Gasteiger partial charge in [-0.2, -0.15) is 5.21 Å². The maximum absolute atomic E-state index is 13.3. The molecule has 33 heavy (non-hydrogen) atoms. The number of tetrazole rings is 1. The summed E-state index contributed by atoms with van der Waals surface area (Å²) in [7, 11) is -4.11. The topological polar surface area (TPSA) is 131 Å². The van der Waals surface area contributed by atoms with Crippen molar-refractivity contribution in [2.75, 3.05) is 0 Å². The predicted molar refractivity (Wildman–Crippen MR) is 121 cm³/mol. The van der Waals surface area contributed by atoms with Crippen LogP contribution in [-0.2, 0) is 22.9 Å². The number of carbonyl (C=O) groups excluding carboxylic acids is 1. The van der Waals surface area contributed by atoms with Crippen LogP contribution in [0.1, 0.15) is 27.4 Å². The molecule has 9 nitrogen and oxygen atoms in total. The van der Waals surface area contributed by atoms with Crippen LogP contribution in [0.4, 0.5) is 0 Å². The molecule has 0 bridgehead atoms. The summed E-state index contributed by atoms with van der Waals surface area (Å²) < 4.78 is 27.5. The predicted octanol–water partition coefficient (Wildman–Crippen LogP) is 3.46. The molecule has 0 fully saturated rings. The number of halogens is 1. The van der Waals surface area contributed by atoms with E-state index in [1.165, 1.54) is 36.5 Å². The van der Waals surface area contributed by atoms with E-state index in [0.717, 1.165) is 15.6 Å². The van der Waals surface area contributed by atoms with Crippen molar-refractivity contribution in [3.63, 3.8) is 0 Å². The van der Waals surface area contributed by atoms with Crippen LogP contribution >= 0.6 is 11.6 Å². The average molecular weight is 484 g/mol. The number of aromatic amines is 1. The molecular weight excluding hydrogens is 466 g/mol. The van der Waals surface area contributed by atoms with Gasteiger partial charge in [0.2, 0.25) is 11.6 Å².